The molecule has 2 nitrogen and oxygen atoms in total. The summed E-state index contributed by atoms with van der Waals surface area (Å²) in [5.74, 6) is 0. The number of benzene rings is 2. The summed E-state index contributed by atoms with van der Waals surface area (Å²) in [4.78, 5) is 9.68. The van der Waals surface area contributed by atoms with Gasteiger partial charge in [0.05, 0.1) is 10.7 Å². The van der Waals surface area contributed by atoms with Crippen molar-refractivity contribution in [3.05, 3.63) is 104 Å². The van der Waals surface area contributed by atoms with Crippen LogP contribution in [0.1, 0.15) is 22.5 Å². The molecule has 0 amide bonds. The zero-order chi connectivity index (χ0) is 20.2. The number of rotatable bonds is 1. The average molecular weight is 384 g/mol. The number of nitrogens with zero attached hydrogens (tertiary/aromatic N) is 2. The number of fused-ring (bicyclic) bond motifs is 6. The quantitative estimate of drug-likeness (QED) is 0.436. The minimum absolute atomic E-state index is 0.994. The van der Waals surface area contributed by atoms with Gasteiger partial charge in [0.2, 0.25) is 0 Å². The molecule has 4 aromatic rings. The molecule has 6 rings (SSSR count). The molecular weight excluding hydrogens is 364 g/mol. The first-order valence-electron chi connectivity index (χ1n) is 10.3. The van der Waals surface area contributed by atoms with Gasteiger partial charge >= 0.3 is 0 Å². The third-order valence-electron chi connectivity index (χ3n) is 5.93. The van der Waals surface area contributed by atoms with Crippen LogP contribution in [0, 0.1) is 13.8 Å². The smallest absolute Gasteiger partial charge is 0.0712 e. The molecule has 2 aromatic carbocycles. The van der Waals surface area contributed by atoms with Crippen molar-refractivity contribution in [1.82, 2.24) is 9.97 Å². The normalized spacial score (nSPS) is 13.9. The first-order valence-corrected chi connectivity index (χ1v) is 10.3. The summed E-state index contributed by atoms with van der Waals surface area (Å²) in [7, 11) is 0. The van der Waals surface area contributed by atoms with Crippen molar-refractivity contribution in [3.63, 3.8) is 0 Å². The second-order valence-corrected chi connectivity index (χ2v) is 8.02. The summed E-state index contributed by atoms with van der Waals surface area (Å²) >= 11 is 0. The highest BCUT2D eigenvalue weighted by Gasteiger charge is 2.14. The van der Waals surface area contributed by atoms with Crippen LogP contribution in [0.15, 0.2) is 60.7 Å². The summed E-state index contributed by atoms with van der Waals surface area (Å²) < 4.78 is 0. The van der Waals surface area contributed by atoms with E-state index in [4.69, 9.17) is 9.97 Å². The monoisotopic (exact) mass is 384 g/mol. The molecule has 0 atom stereocenters. The molecule has 2 aliphatic carbocycles. The highest BCUT2D eigenvalue weighted by molar-refractivity contribution is 5.84. The Labute approximate surface area is 174 Å². The van der Waals surface area contributed by atoms with Crippen LogP contribution in [0.2, 0.25) is 0 Å². The van der Waals surface area contributed by atoms with E-state index in [0.29, 0.717) is 0 Å². The molecule has 0 fully saturated rings. The van der Waals surface area contributed by atoms with Crippen molar-refractivity contribution < 1.29 is 0 Å². The maximum Gasteiger partial charge on any atom is 0.0712 e. The Kier molecular flexibility index (Phi) is 3.63. The van der Waals surface area contributed by atoms with E-state index >= 15 is 0 Å². The van der Waals surface area contributed by atoms with Crippen LogP contribution in [-0.2, 0) is 0 Å². The van der Waals surface area contributed by atoms with Crippen molar-refractivity contribution in [2.24, 2.45) is 0 Å². The van der Waals surface area contributed by atoms with Crippen LogP contribution in [0.4, 0.5) is 0 Å². The Bertz CT molecular complexity index is 1480. The second kappa shape index (κ2) is 6.36. The lowest BCUT2D eigenvalue weighted by Crippen LogP contribution is -2.31. The van der Waals surface area contributed by atoms with Gasteiger partial charge in [-0.1, -0.05) is 48.5 Å². The average Bonchev–Trinajstić information content (AvgIpc) is 3.30. The van der Waals surface area contributed by atoms with Crippen molar-refractivity contribution in [1.29, 1.82) is 0 Å². The SMILES string of the molecule is Cc1cc2c(c(=CC=c3nc(C)cc4c3=Cc3ccccc3-4)n1)=Cc1ccccc1-2. The highest BCUT2D eigenvalue weighted by Crippen LogP contribution is 2.26. The van der Waals surface area contributed by atoms with E-state index in [2.05, 4.69) is 98.8 Å². The fourth-order valence-corrected chi connectivity index (χ4v) is 4.62. The van der Waals surface area contributed by atoms with Gasteiger partial charge in [0.15, 0.2) is 0 Å². The van der Waals surface area contributed by atoms with Gasteiger partial charge in [0, 0.05) is 21.8 Å². The van der Waals surface area contributed by atoms with Gasteiger partial charge in [0.25, 0.3) is 0 Å². The predicted octanol–water partition coefficient (Wildman–Crippen LogP) is 2.97. The molecule has 30 heavy (non-hydrogen) atoms. The summed E-state index contributed by atoms with van der Waals surface area (Å²) in [6.07, 6.45) is 8.72. The highest BCUT2D eigenvalue weighted by atomic mass is 14.7. The van der Waals surface area contributed by atoms with Gasteiger partial charge in [-0.3, -0.25) is 9.97 Å². The summed E-state index contributed by atoms with van der Waals surface area (Å²) in [6.45, 7) is 4.12. The molecule has 2 aliphatic rings. The summed E-state index contributed by atoms with van der Waals surface area (Å²) in [5, 5.41) is 4.37. The Morgan fingerprint density at radius 3 is 1.47 bits per heavy atom. The minimum Gasteiger partial charge on any atom is -0.253 e. The van der Waals surface area contributed by atoms with Crippen LogP contribution in [0.5, 0.6) is 0 Å². The lowest BCUT2D eigenvalue weighted by Gasteiger charge is -2.02. The first kappa shape index (κ1) is 17.1. The van der Waals surface area contributed by atoms with E-state index in [1.807, 2.05) is 0 Å². The second-order valence-electron chi connectivity index (χ2n) is 8.02. The molecule has 0 bridgehead atoms. The topological polar surface area (TPSA) is 25.8 Å². The Morgan fingerprint density at radius 2 is 1.00 bits per heavy atom. The van der Waals surface area contributed by atoms with Gasteiger partial charge < -0.3 is 0 Å². The third-order valence-corrected chi connectivity index (χ3v) is 5.93. The molecule has 2 heteroatoms. The van der Waals surface area contributed by atoms with Crippen LogP contribution in [-0.4, -0.2) is 9.97 Å². The molecule has 142 valence electrons. The number of hydrogen-bond donors (Lipinski definition) is 0. The summed E-state index contributed by atoms with van der Waals surface area (Å²) in [5.41, 5.74) is 9.66. The zero-order valence-electron chi connectivity index (χ0n) is 17.0. The third kappa shape index (κ3) is 2.57. The van der Waals surface area contributed by atoms with Crippen molar-refractivity contribution in [2.45, 2.75) is 13.8 Å². The number of aryl methyl sites for hydroxylation is 2. The van der Waals surface area contributed by atoms with E-state index in [9.17, 15) is 0 Å². The maximum atomic E-state index is 4.84. The van der Waals surface area contributed by atoms with Crippen LogP contribution >= 0.6 is 0 Å². The summed E-state index contributed by atoms with van der Waals surface area (Å²) in [6, 6.07) is 21.4. The number of hydrogen-bond acceptors (Lipinski definition) is 2. The zero-order valence-corrected chi connectivity index (χ0v) is 17.0. The number of pyridine rings is 2. The van der Waals surface area contributed by atoms with Crippen LogP contribution in [0.25, 0.3) is 46.6 Å². The van der Waals surface area contributed by atoms with Crippen molar-refractivity contribution in [3.8, 4) is 22.3 Å². The molecule has 0 aliphatic heterocycles. The molecule has 0 saturated heterocycles. The predicted molar refractivity (Wildman–Crippen MR) is 123 cm³/mol. The van der Waals surface area contributed by atoms with Crippen molar-refractivity contribution >= 4 is 24.3 Å². The maximum absolute atomic E-state index is 4.84. The molecule has 0 unspecified atom stereocenters. The van der Waals surface area contributed by atoms with Crippen LogP contribution in [0.3, 0.4) is 0 Å². The lowest BCUT2D eigenvalue weighted by atomic mass is 10.0. The largest absolute Gasteiger partial charge is 0.253 e. The Balaban J connectivity index is 1.62. The fourth-order valence-electron chi connectivity index (χ4n) is 4.62. The minimum atomic E-state index is 0.994. The van der Waals surface area contributed by atoms with Gasteiger partial charge in [-0.25, -0.2) is 0 Å². The first-order chi connectivity index (χ1) is 14.7. The molecule has 2 aromatic heterocycles. The molecule has 0 spiro atoms. The molecular formula is C28H20N2. The van der Waals surface area contributed by atoms with E-state index < -0.39 is 0 Å². The van der Waals surface area contributed by atoms with Gasteiger partial charge in [-0.05, 0) is 83.7 Å². The van der Waals surface area contributed by atoms with Gasteiger partial charge in [-0.2, -0.15) is 0 Å². The molecule has 0 saturated carbocycles. The van der Waals surface area contributed by atoms with E-state index in [0.717, 1.165) is 22.1 Å². The molecule has 0 radical (unpaired) electrons. The number of aromatic nitrogens is 2. The van der Waals surface area contributed by atoms with E-state index in [-0.39, 0.29) is 0 Å². The standard InChI is InChI=1S/C28H20N2/c1-17-13-23-21-9-5-3-7-19(21)15-25(23)27(29-17)11-12-28-26-16-20-8-4-6-10-22(20)24(26)14-18(2)30-28/h3-16H,1-2H3. The fraction of sp³-hybridized carbons (Fsp3) is 0.0714. The Morgan fingerprint density at radius 1 is 0.567 bits per heavy atom. The molecule has 2 heterocycles. The van der Waals surface area contributed by atoms with E-state index in [1.54, 1.807) is 0 Å². The lowest BCUT2D eigenvalue weighted by molar-refractivity contribution is 1.13. The van der Waals surface area contributed by atoms with Gasteiger partial charge in [-0.15, -0.1) is 0 Å². The van der Waals surface area contributed by atoms with E-state index in [1.165, 1.54) is 43.8 Å². The van der Waals surface area contributed by atoms with Crippen LogP contribution < -0.4 is 21.1 Å². The Hall–Kier alpha value is -3.78. The van der Waals surface area contributed by atoms with Gasteiger partial charge in [0.1, 0.15) is 0 Å². The molecule has 0 N–H and O–H groups in total. The van der Waals surface area contributed by atoms with Crippen molar-refractivity contribution in [2.75, 3.05) is 0 Å².